The summed E-state index contributed by atoms with van der Waals surface area (Å²) in [6.45, 7) is 2.40. The molecule has 3 aliphatic heterocycles. The minimum atomic E-state index is 0.389. The maximum Gasteiger partial charge on any atom is 0.106 e. The van der Waals surface area contributed by atoms with Gasteiger partial charge in [0.2, 0.25) is 0 Å². The van der Waals surface area contributed by atoms with Crippen molar-refractivity contribution < 1.29 is 0 Å². The molecule has 6 rings (SSSR count). The van der Waals surface area contributed by atoms with E-state index in [1.54, 1.807) is 0 Å². The van der Waals surface area contributed by atoms with E-state index >= 15 is 0 Å². The highest BCUT2D eigenvalue weighted by Crippen LogP contribution is 2.34. The molecule has 30 heavy (non-hydrogen) atoms. The lowest BCUT2D eigenvalue weighted by molar-refractivity contribution is 0.0212. The molecule has 2 unspecified atom stereocenters. The Morgan fingerprint density at radius 1 is 0.967 bits per heavy atom. The van der Waals surface area contributed by atoms with Crippen LogP contribution in [0.25, 0.3) is 11.1 Å². The molecule has 0 spiro atoms. The summed E-state index contributed by atoms with van der Waals surface area (Å²) in [5.74, 6) is 0.687. The normalized spacial score (nSPS) is 25.1. The average molecular weight is 414 g/mol. The van der Waals surface area contributed by atoms with E-state index in [9.17, 15) is 0 Å². The molecule has 3 nitrogen and oxygen atoms in total. The van der Waals surface area contributed by atoms with Crippen LogP contribution in [0.1, 0.15) is 24.0 Å². The summed E-state index contributed by atoms with van der Waals surface area (Å²) in [7, 11) is 0. The zero-order valence-electron chi connectivity index (χ0n) is 17.1. The van der Waals surface area contributed by atoms with E-state index in [0.29, 0.717) is 18.0 Å². The van der Waals surface area contributed by atoms with Crippen LogP contribution in [-0.4, -0.2) is 40.0 Å². The van der Waals surface area contributed by atoms with Gasteiger partial charge in [-0.15, -0.1) is 0 Å². The smallest absolute Gasteiger partial charge is 0.106 e. The zero-order chi connectivity index (χ0) is 20.3. The van der Waals surface area contributed by atoms with Crippen molar-refractivity contribution in [3.05, 3.63) is 90.3 Å². The molecule has 4 heterocycles. The summed E-state index contributed by atoms with van der Waals surface area (Å²) in [4.78, 5) is 7.83. The van der Waals surface area contributed by atoms with E-state index in [1.165, 1.54) is 42.6 Å². The fourth-order valence-electron chi connectivity index (χ4n) is 5.09. The molecule has 0 radical (unpaired) electrons. The minimum absolute atomic E-state index is 0.389. The standard InChI is InChI=1S/C26H27N3S/c30-26(23-10-4-9-22(17-23)20-7-2-1-3-8-20)28-25-21-11-14-29(15-12-21)24(25)16-19-6-5-13-27-18-19/h1-10,13,17-18,21,24-25H,11-12,14-16H2,(H,28,30). The molecule has 3 fully saturated rings. The van der Waals surface area contributed by atoms with Gasteiger partial charge < -0.3 is 5.32 Å². The maximum atomic E-state index is 5.90. The number of pyridine rings is 1. The number of piperidine rings is 3. The predicted molar refractivity (Wildman–Crippen MR) is 127 cm³/mol. The predicted octanol–water partition coefficient (Wildman–Crippen LogP) is 4.72. The number of rotatable bonds is 5. The van der Waals surface area contributed by atoms with E-state index in [1.807, 2.05) is 18.5 Å². The topological polar surface area (TPSA) is 28.2 Å². The number of fused-ring (bicyclic) bond motifs is 3. The van der Waals surface area contributed by atoms with Crippen LogP contribution < -0.4 is 5.32 Å². The Bertz CT molecular complexity index is 997. The van der Waals surface area contributed by atoms with Gasteiger partial charge in [0, 0.05) is 30.0 Å². The number of aromatic nitrogens is 1. The van der Waals surface area contributed by atoms with Crippen molar-refractivity contribution in [3.8, 4) is 11.1 Å². The summed E-state index contributed by atoms with van der Waals surface area (Å²) in [6.07, 6.45) is 7.39. The molecule has 1 N–H and O–H groups in total. The molecule has 2 atom stereocenters. The quantitative estimate of drug-likeness (QED) is 0.613. The number of thiocarbonyl (C=S) groups is 1. The van der Waals surface area contributed by atoms with Crippen LogP contribution in [0.5, 0.6) is 0 Å². The van der Waals surface area contributed by atoms with Crippen LogP contribution in [0.15, 0.2) is 79.1 Å². The van der Waals surface area contributed by atoms with Gasteiger partial charge in [0.05, 0.1) is 0 Å². The SMILES string of the molecule is S=C(NC1C2CCN(CC2)C1Cc1cccnc1)c1cccc(-c2ccccc2)c1. The second-order valence-electron chi connectivity index (χ2n) is 8.45. The number of hydrogen-bond donors (Lipinski definition) is 1. The molecular formula is C26H27N3S. The largest absolute Gasteiger partial charge is 0.371 e. The lowest BCUT2D eigenvalue weighted by Crippen LogP contribution is -2.64. The van der Waals surface area contributed by atoms with Crippen LogP contribution in [0, 0.1) is 5.92 Å². The van der Waals surface area contributed by atoms with Gasteiger partial charge in [0.25, 0.3) is 0 Å². The van der Waals surface area contributed by atoms with Gasteiger partial charge >= 0.3 is 0 Å². The lowest BCUT2D eigenvalue weighted by atomic mass is 9.76. The number of hydrogen-bond acceptors (Lipinski definition) is 3. The first-order chi connectivity index (χ1) is 14.8. The van der Waals surface area contributed by atoms with E-state index < -0.39 is 0 Å². The molecule has 0 aliphatic carbocycles. The molecule has 3 aliphatic rings. The third-order valence-electron chi connectivity index (χ3n) is 6.66. The van der Waals surface area contributed by atoms with Gasteiger partial charge in [-0.05, 0) is 67.1 Å². The van der Waals surface area contributed by atoms with Gasteiger partial charge in [0.15, 0.2) is 0 Å². The summed E-state index contributed by atoms with van der Waals surface area (Å²) >= 11 is 5.90. The third-order valence-corrected chi connectivity index (χ3v) is 7.02. The van der Waals surface area contributed by atoms with Crippen molar-refractivity contribution >= 4 is 17.2 Å². The van der Waals surface area contributed by atoms with E-state index in [2.05, 4.69) is 75.9 Å². The first kappa shape index (κ1) is 19.4. The Labute approximate surface area is 184 Å². The van der Waals surface area contributed by atoms with Crippen LogP contribution in [0.3, 0.4) is 0 Å². The zero-order valence-corrected chi connectivity index (χ0v) is 17.9. The highest BCUT2D eigenvalue weighted by Gasteiger charge is 2.42. The van der Waals surface area contributed by atoms with Crippen LogP contribution in [-0.2, 0) is 6.42 Å². The molecule has 2 aromatic carbocycles. The molecule has 3 aromatic rings. The minimum Gasteiger partial charge on any atom is -0.371 e. The fourth-order valence-corrected chi connectivity index (χ4v) is 5.35. The Morgan fingerprint density at radius 3 is 2.53 bits per heavy atom. The fraction of sp³-hybridized carbons (Fsp3) is 0.308. The highest BCUT2D eigenvalue weighted by molar-refractivity contribution is 7.80. The van der Waals surface area contributed by atoms with Gasteiger partial charge in [-0.25, -0.2) is 0 Å². The van der Waals surface area contributed by atoms with Crippen LogP contribution in [0.2, 0.25) is 0 Å². The Balaban J connectivity index is 1.36. The Kier molecular flexibility index (Phi) is 5.60. The Morgan fingerprint density at radius 2 is 1.77 bits per heavy atom. The van der Waals surface area contributed by atoms with E-state index in [0.717, 1.165) is 17.0 Å². The summed E-state index contributed by atoms with van der Waals surface area (Å²) < 4.78 is 0. The lowest BCUT2D eigenvalue weighted by Gasteiger charge is -2.51. The monoisotopic (exact) mass is 413 g/mol. The molecule has 0 saturated carbocycles. The number of nitrogens with zero attached hydrogens (tertiary/aromatic N) is 2. The number of nitrogens with one attached hydrogen (secondary N) is 1. The second kappa shape index (κ2) is 8.66. The van der Waals surface area contributed by atoms with Crippen molar-refractivity contribution in [2.75, 3.05) is 13.1 Å². The van der Waals surface area contributed by atoms with Gasteiger partial charge in [-0.1, -0.05) is 66.8 Å². The second-order valence-corrected chi connectivity index (χ2v) is 8.86. The van der Waals surface area contributed by atoms with Crippen molar-refractivity contribution in [2.24, 2.45) is 5.92 Å². The van der Waals surface area contributed by atoms with Gasteiger partial charge in [0.1, 0.15) is 4.99 Å². The molecule has 152 valence electrons. The van der Waals surface area contributed by atoms with Gasteiger partial charge in [-0.3, -0.25) is 9.88 Å². The first-order valence-electron chi connectivity index (χ1n) is 10.9. The summed E-state index contributed by atoms with van der Waals surface area (Å²) in [6, 6.07) is 24.2. The average Bonchev–Trinajstić information content (AvgIpc) is 2.82. The molecule has 1 aromatic heterocycles. The summed E-state index contributed by atoms with van der Waals surface area (Å²) in [5, 5.41) is 3.78. The first-order valence-corrected chi connectivity index (χ1v) is 11.3. The Hall–Kier alpha value is -2.56. The molecule has 4 heteroatoms. The molecule has 0 amide bonds. The van der Waals surface area contributed by atoms with Crippen molar-refractivity contribution in [2.45, 2.75) is 31.3 Å². The van der Waals surface area contributed by atoms with Crippen molar-refractivity contribution in [1.82, 2.24) is 15.2 Å². The molecular weight excluding hydrogens is 386 g/mol. The van der Waals surface area contributed by atoms with Crippen LogP contribution >= 0.6 is 12.2 Å². The van der Waals surface area contributed by atoms with Gasteiger partial charge in [-0.2, -0.15) is 0 Å². The third kappa shape index (κ3) is 4.03. The highest BCUT2D eigenvalue weighted by atomic mass is 32.1. The van der Waals surface area contributed by atoms with Crippen molar-refractivity contribution in [3.63, 3.8) is 0 Å². The van der Waals surface area contributed by atoms with Crippen LogP contribution in [0.4, 0.5) is 0 Å². The van der Waals surface area contributed by atoms with E-state index in [-0.39, 0.29) is 0 Å². The van der Waals surface area contributed by atoms with E-state index in [4.69, 9.17) is 12.2 Å². The maximum absolute atomic E-state index is 5.90. The van der Waals surface area contributed by atoms with Crippen molar-refractivity contribution in [1.29, 1.82) is 0 Å². The molecule has 2 bridgehead atoms. The molecule has 3 saturated heterocycles. The number of benzene rings is 2. The summed E-state index contributed by atoms with van der Waals surface area (Å²) in [5.41, 5.74) is 4.83.